The summed E-state index contributed by atoms with van der Waals surface area (Å²) in [6.45, 7) is 10.4. The van der Waals surface area contributed by atoms with Gasteiger partial charge in [-0.25, -0.2) is 4.68 Å². The number of hydrogen-bond acceptors (Lipinski definition) is 6. The molecule has 2 aromatic heterocycles. The molecule has 1 aromatic carbocycles. The van der Waals surface area contributed by atoms with E-state index < -0.39 is 6.29 Å². The summed E-state index contributed by atoms with van der Waals surface area (Å²) >= 11 is 0. The van der Waals surface area contributed by atoms with Crippen molar-refractivity contribution in [1.82, 2.24) is 30.1 Å². The fraction of sp³-hybridized carbons (Fsp3) is 0.455. The zero-order valence-corrected chi connectivity index (χ0v) is 18.5. The van der Waals surface area contributed by atoms with Crippen LogP contribution in [0.1, 0.15) is 46.9 Å². The van der Waals surface area contributed by atoms with Crippen LogP contribution in [0.2, 0.25) is 0 Å². The number of amides is 1. The zero-order chi connectivity index (χ0) is 22.2. The lowest BCUT2D eigenvalue weighted by atomic mass is 10.1. The van der Waals surface area contributed by atoms with Gasteiger partial charge in [-0.2, -0.15) is 5.10 Å². The van der Waals surface area contributed by atoms with Gasteiger partial charge >= 0.3 is 0 Å². The molecule has 0 aliphatic rings. The van der Waals surface area contributed by atoms with E-state index in [2.05, 4.69) is 38.9 Å². The van der Waals surface area contributed by atoms with Crippen LogP contribution in [0.5, 0.6) is 0 Å². The second kappa shape index (κ2) is 10.8. The normalized spacial score (nSPS) is 11.3. The average Bonchev–Trinajstić information content (AvgIpc) is 3.33. The van der Waals surface area contributed by atoms with E-state index in [1.54, 1.807) is 10.9 Å². The van der Waals surface area contributed by atoms with Crippen molar-refractivity contribution in [3.05, 3.63) is 64.7 Å². The number of aromatic nitrogens is 5. The third-order valence-electron chi connectivity index (χ3n) is 4.69. The SMILES string of the molecule is CCOC(Cn1cc(C(=O)NCc2cccc(Cn3nc(C)cc3C)c2)nn1)OCC. The lowest BCUT2D eigenvalue weighted by Crippen LogP contribution is -2.24. The van der Waals surface area contributed by atoms with Crippen LogP contribution >= 0.6 is 0 Å². The Bertz CT molecular complexity index is 991. The molecule has 3 rings (SSSR count). The summed E-state index contributed by atoms with van der Waals surface area (Å²) in [7, 11) is 0. The molecule has 0 aliphatic carbocycles. The number of ether oxygens (including phenoxy) is 2. The lowest BCUT2D eigenvalue weighted by Gasteiger charge is -2.16. The molecule has 2 heterocycles. The standard InChI is InChI=1S/C22H30N6O3/c1-5-30-21(31-6-2)15-27-14-20(24-26-27)22(29)23-12-18-8-7-9-19(11-18)13-28-17(4)10-16(3)25-28/h7-11,14,21H,5-6,12-13,15H2,1-4H3,(H,23,29). The van der Waals surface area contributed by atoms with Crippen LogP contribution in [-0.2, 0) is 29.1 Å². The lowest BCUT2D eigenvalue weighted by molar-refractivity contribution is -0.145. The van der Waals surface area contributed by atoms with E-state index >= 15 is 0 Å². The minimum Gasteiger partial charge on any atom is -0.351 e. The third-order valence-corrected chi connectivity index (χ3v) is 4.69. The molecule has 0 saturated carbocycles. The predicted molar refractivity (Wildman–Crippen MR) is 115 cm³/mol. The van der Waals surface area contributed by atoms with Crippen LogP contribution < -0.4 is 5.32 Å². The van der Waals surface area contributed by atoms with Gasteiger partial charge in [-0.1, -0.05) is 29.5 Å². The second-order valence-corrected chi connectivity index (χ2v) is 7.25. The largest absolute Gasteiger partial charge is 0.351 e. The maximum atomic E-state index is 12.5. The van der Waals surface area contributed by atoms with Crippen molar-refractivity contribution >= 4 is 5.91 Å². The molecule has 1 N–H and O–H groups in total. The molecule has 9 heteroatoms. The first-order chi connectivity index (χ1) is 15.0. The Hall–Kier alpha value is -3.04. The van der Waals surface area contributed by atoms with Gasteiger partial charge in [0.2, 0.25) is 0 Å². The van der Waals surface area contributed by atoms with Crippen molar-refractivity contribution in [1.29, 1.82) is 0 Å². The second-order valence-electron chi connectivity index (χ2n) is 7.25. The van der Waals surface area contributed by atoms with Gasteiger partial charge in [0.15, 0.2) is 12.0 Å². The molecule has 0 unspecified atom stereocenters. The molecule has 0 aliphatic heterocycles. The summed E-state index contributed by atoms with van der Waals surface area (Å²) in [5.74, 6) is -0.278. The fourth-order valence-electron chi connectivity index (χ4n) is 3.29. The van der Waals surface area contributed by atoms with Crippen molar-refractivity contribution in [3.63, 3.8) is 0 Å². The van der Waals surface area contributed by atoms with Gasteiger partial charge in [-0.05, 0) is 44.9 Å². The molecule has 0 saturated heterocycles. The molecule has 0 bridgehead atoms. The summed E-state index contributed by atoms with van der Waals surface area (Å²) in [6, 6.07) is 10.2. The molecule has 166 valence electrons. The monoisotopic (exact) mass is 426 g/mol. The quantitative estimate of drug-likeness (QED) is 0.473. The summed E-state index contributed by atoms with van der Waals surface area (Å²) < 4.78 is 14.5. The number of nitrogens with zero attached hydrogens (tertiary/aromatic N) is 5. The molecule has 0 radical (unpaired) electrons. The van der Waals surface area contributed by atoms with Gasteiger partial charge in [-0.3, -0.25) is 9.48 Å². The minimum absolute atomic E-state index is 0.255. The molecule has 0 atom stereocenters. The summed E-state index contributed by atoms with van der Waals surface area (Å²) in [5, 5.41) is 15.4. The highest BCUT2D eigenvalue weighted by Crippen LogP contribution is 2.10. The van der Waals surface area contributed by atoms with Gasteiger partial charge in [0.25, 0.3) is 5.91 Å². The number of carbonyl (C=O) groups excluding carboxylic acids is 1. The Morgan fingerprint density at radius 1 is 1.13 bits per heavy atom. The number of benzene rings is 1. The van der Waals surface area contributed by atoms with Crippen LogP contribution in [0.4, 0.5) is 0 Å². The smallest absolute Gasteiger partial charge is 0.273 e. The molecule has 9 nitrogen and oxygen atoms in total. The third kappa shape index (κ3) is 6.47. The van der Waals surface area contributed by atoms with Gasteiger partial charge in [0.1, 0.15) is 0 Å². The highest BCUT2D eigenvalue weighted by Gasteiger charge is 2.14. The molecular formula is C22H30N6O3. The highest BCUT2D eigenvalue weighted by molar-refractivity contribution is 5.91. The van der Waals surface area contributed by atoms with Crippen molar-refractivity contribution in [3.8, 4) is 0 Å². The van der Waals surface area contributed by atoms with Gasteiger partial charge in [0.05, 0.1) is 25.0 Å². The molecule has 1 amide bonds. The number of hydrogen-bond donors (Lipinski definition) is 1. The van der Waals surface area contributed by atoms with E-state index in [1.807, 2.05) is 44.5 Å². The first-order valence-electron chi connectivity index (χ1n) is 10.5. The van der Waals surface area contributed by atoms with E-state index in [9.17, 15) is 4.79 Å². The van der Waals surface area contributed by atoms with E-state index in [-0.39, 0.29) is 11.6 Å². The van der Waals surface area contributed by atoms with Gasteiger partial charge < -0.3 is 14.8 Å². The molecule has 3 aromatic rings. The zero-order valence-electron chi connectivity index (χ0n) is 18.5. The van der Waals surface area contributed by atoms with Crippen molar-refractivity contribution in [2.75, 3.05) is 13.2 Å². The van der Waals surface area contributed by atoms with Crippen LogP contribution in [0.25, 0.3) is 0 Å². The van der Waals surface area contributed by atoms with Gasteiger partial charge in [-0.15, -0.1) is 5.10 Å². The topological polar surface area (TPSA) is 96.1 Å². The van der Waals surface area contributed by atoms with Crippen molar-refractivity contribution in [2.24, 2.45) is 0 Å². The summed E-state index contributed by atoms with van der Waals surface area (Å²) in [4.78, 5) is 12.5. The summed E-state index contributed by atoms with van der Waals surface area (Å²) in [5.41, 5.74) is 4.51. The fourth-order valence-corrected chi connectivity index (χ4v) is 3.29. The van der Waals surface area contributed by atoms with E-state index in [0.29, 0.717) is 32.8 Å². The number of nitrogens with one attached hydrogen (secondary N) is 1. The van der Waals surface area contributed by atoms with Crippen LogP contribution in [0.15, 0.2) is 36.5 Å². The first kappa shape index (κ1) is 22.6. The van der Waals surface area contributed by atoms with E-state index in [4.69, 9.17) is 9.47 Å². The Morgan fingerprint density at radius 3 is 2.55 bits per heavy atom. The number of aryl methyl sites for hydroxylation is 2. The Morgan fingerprint density at radius 2 is 1.87 bits per heavy atom. The Labute approximate surface area is 182 Å². The maximum Gasteiger partial charge on any atom is 0.273 e. The molecule has 0 fully saturated rings. The Balaban J connectivity index is 1.56. The van der Waals surface area contributed by atoms with Crippen LogP contribution in [-0.4, -0.2) is 50.2 Å². The van der Waals surface area contributed by atoms with Gasteiger partial charge in [0, 0.05) is 25.5 Å². The van der Waals surface area contributed by atoms with E-state index in [0.717, 1.165) is 22.5 Å². The predicted octanol–water partition coefficient (Wildman–Crippen LogP) is 2.47. The summed E-state index contributed by atoms with van der Waals surface area (Å²) in [6.07, 6.45) is 1.18. The first-order valence-corrected chi connectivity index (χ1v) is 10.5. The Kier molecular flexibility index (Phi) is 7.91. The molecule has 31 heavy (non-hydrogen) atoms. The number of rotatable bonds is 11. The highest BCUT2D eigenvalue weighted by atomic mass is 16.7. The van der Waals surface area contributed by atoms with Crippen LogP contribution in [0.3, 0.4) is 0 Å². The maximum absolute atomic E-state index is 12.5. The molecule has 0 spiro atoms. The van der Waals surface area contributed by atoms with E-state index in [1.165, 1.54) is 0 Å². The van der Waals surface area contributed by atoms with Crippen molar-refractivity contribution < 1.29 is 14.3 Å². The van der Waals surface area contributed by atoms with Crippen molar-refractivity contribution in [2.45, 2.75) is 53.6 Å². The van der Waals surface area contributed by atoms with Crippen LogP contribution in [0, 0.1) is 13.8 Å². The average molecular weight is 427 g/mol. The minimum atomic E-state index is -0.419. The molecular weight excluding hydrogens is 396 g/mol. The number of carbonyl (C=O) groups is 1.